The molecule has 0 bridgehead atoms. The van der Waals surface area contributed by atoms with Crippen LogP contribution in [-0.4, -0.2) is 10.2 Å². The summed E-state index contributed by atoms with van der Waals surface area (Å²) in [5, 5.41) is 19.1. The maximum Gasteiger partial charge on any atom is 0.200 e. The third-order valence-corrected chi connectivity index (χ3v) is 3.58. The van der Waals surface area contributed by atoms with Gasteiger partial charge in [0.05, 0.1) is 17.6 Å². The van der Waals surface area contributed by atoms with Crippen LogP contribution in [0.2, 0.25) is 0 Å². The fourth-order valence-electron chi connectivity index (χ4n) is 2.34. The maximum atomic E-state index is 12.6. The first-order valence-electron chi connectivity index (χ1n) is 6.55. The van der Waals surface area contributed by atoms with E-state index < -0.39 is 0 Å². The van der Waals surface area contributed by atoms with Crippen LogP contribution in [0.5, 0.6) is 5.75 Å². The number of aryl methyl sites for hydroxylation is 1. The Morgan fingerprint density at radius 3 is 2.52 bits per heavy atom. The van der Waals surface area contributed by atoms with Crippen molar-refractivity contribution in [2.75, 3.05) is 0 Å². The lowest BCUT2D eigenvalue weighted by Crippen LogP contribution is -2.05. The first-order valence-corrected chi connectivity index (χ1v) is 6.55. The van der Waals surface area contributed by atoms with E-state index in [4.69, 9.17) is 4.42 Å². The van der Waals surface area contributed by atoms with Gasteiger partial charge in [0.2, 0.25) is 0 Å². The number of hydrogen-bond acceptors (Lipinski definition) is 4. The van der Waals surface area contributed by atoms with Crippen molar-refractivity contribution in [3.05, 3.63) is 64.0 Å². The molecule has 0 fully saturated rings. The van der Waals surface area contributed by atoms with Crippen molar-refractivity contribution in [2.24, 2.45) is 0 Å². The van der Waals surface area contributed by atoms with Crippen LogP contribution in [0.3, 0.4) is 0 Å². The highest BCUT2D eigenvalue weighted by atomic mass is 16.3. The zero-order valence-corrected chi connectivity index (χ0v) is 11.5. The number of aromatic hydroxyl groups is 1. The van der Waals surface area contributed by atoms with Crippen LogP contribution in [-0.2, 0) is 6.61 Å². The molecule has 3 rings (SSSR count). The molecule has 0 aliphatic carbocycles. The molecule has 1 heterocycles. The summed E-state index contributed by atoms with van der Waals surface area (Å²) in [6.45, 7) is 1.75. The summed E-state index contributed by atoms with van der Waals surface area (Å²) in [6, 6.07) is 9.81. The normalized spacial score (nSPS) is 11.0. The molecule has 2 N–H and O–H groups in total. The Bertz CT molecular complexity index is 860. The Balaban J connectivity index is 2.25. The number of benzene rings is 2. The van der Waals surface area contributed by atoms with Crippen LogP contribution in [0.25, 0.3) is 22.1 Å². The fraction of sp³-hybridized carbons (Fsp3) is 0.118. The van der Waals surface area contributed by atoms with Crippen LogP contribution in [0, 0.1) is 6.92 Å². The monoisotopic (exact) mass is 282 g/mol. The number of aliphatic hydroxyl groups excluding tert-OH is 1. The molecule has 1 aromatic heterocycles. The van der Waals surface area contributed by atoms with Crippen molar-refractivity contribution >= 4 is 11.0 Å². The van der Waals surface area contributed by atoms with Crippen molar-refractivity contribution in [3.63, 3.8) is 0 Å². The summed E-state index contributed by atoms with van der Waals surface area (Å²) in [6.07, 6.45) is 1.41. The zero-order chi connectivity index (χ0) is 15.0. The first kappa shape index (κ1) is 13.4. The SMILES string of the molecule is Cc1cc2c(=O)c(-c3ccc(O)cc3)coc2cc1CO. The second-order valence-corrected chi connectivity index (χ2v) is 4.96. The minimum atomic E-state index is -0.130. The summed E-state index contributed by atoms with van der Waals surface area (Å²) in [7, 11) is 0. The summed E-state index contributed by atoms with van der Waals surface area (Å²) < 4.78 is 5.53. The molecule has 0 unspecified atom stereocenters. The van der Waals surface area contributed by atoms with Crippen molar-refractivity contribution < 1.29 is 14.6 Å². The number of rotatable bonds is 2. The second-order valence-electron chi connectivity index (χ2n) is 4.96. The molecule has 0 radical (unpaired) electrons. The van der Waals surface area contributed by atoms with Crippen molar-refractivity contribution in [3.8, 4) is 16.9 Å². The van der Waals surface area contributed by atoms with E-state index >= 15 is 0 Å². The van der Waals surface area contributed by atoms with Crippen LogP contribution < -0.4 is 5.43 Å². The number of hydrogen-bond donors (Lipinski definition) is 2. The molecule has 3 aromatic rings. The maximum absolute atomic E-state index is 12.6. The minimum absolute atomic E-state index is 0.0921. The highest BCUT2D eigenvalue weighted by molar-refractivity contribution is 5.83. The Hall–Kier alpha value is -2.59. The van der Waals surface area contributed by atoms with E-state index in [1.165, 1.54) is 18.4 Å². The molecular weight excluding hydrogens is 268 g/mol. The topological polar surface area (TPSA) is 70.7 Å². The van der Waals surface area contributed by atoms with Gasteiger partial charge in [0, 0.05) is 0 Å². The fourth-order valence-corrected chi connectivity index (χ4v) is 2.34. The first-order chi connectivity index (χ1) is 10.1. The van der Waals surface area contributed by atoms with Gasteiger partial charge in [0.25, 0.3) is 0 Å². The molecular formula is C17H14O4. The number of fused-ring (bicyclic) bond motifs is 1. The molecule has 0 aliphatic rings. The van der Waals surface area contributed by atoms with E-state index in [9.17, 15) is 15.0 Å². The van der Waals surface area contributed by atoms with Crippen molar-refractivity contribution in [1.82, 2.24) is 0 Å². The van der Waals surface area contributed by atoms with Gasteiger partial charge in [-0.2, -0.15) is 0 Å². The van der Waals surface area contributed by atoms with Crippen LogP contribution >= 0.6 is 0 Å². The standard InChI is InChI=1S/C17H14O4/c1-10-6-14-16(7-12(10)8-18)21-9-15(17(14)20)11-2-4-13(19)5-3-11/h2-7,9,18-19H,8H2,1H3. The number of aliphatic hydroxyl groups is 1. The molecule has 0 saturated carbocycles. The Labute approximate surface area is 120 Å². The molecule has 4 nitrogen and oxygen atoms in total. The van der Waals surface area contributed by atoms with E-state index in [1.54, 1.807) is 24.3 Å². The van der Waals surface area contributed by atoms with Gasteiger partial charge in [-0.1, -0.05) is 12.1 Å². The van der Waals surface area contributed by atoms with Crippen LogP contribution in [0.1, 0.15) is 11.1 Å². The molecule has 21 heavy (non-hydrogen) atoms. The van der Waals surface area contributed by atoms with Gasteiger partial charge in [-0.15, -0.1) is 0 Å². The average molecular weight is 282 g/mol. The lowest BCUT2D eigenvalue weighted by molar-refractivity contribution is 0.281. The third kappa shape index (κ3) is 2.30. The van der Waals surface area contributed by atoms with Gasteiger partial charge in [0.1, 0.15) is 17.6 Å². The Morgan fingerprint density at radius 2 is 1.86 bits per heavy atom. The average Bonchev–Trinajstić information content (AvgIpc) is 2.49. The highest BCUT2D eigenvalue weighted by Crippen LogP contribution is 2.23. The Kier molecular flexibility index (Phi) is 3.23. The highest BCUT2D eigenvalue weighted by Gasteiger charge is 2.11. The van der Waals surface area contributed by atoms with Gasteiger partial charge in [-0.05, 0) is 47.9 Å². The van der Waals surface area contributed by atoms with E-state index in [2.05, 4.69) is 0 Å². The molecule has 0 spiro atoms. The summed E-state index contributed by atoms with van der Waals surface area (Å²) in [5.41, 5.74) is 3.04. The molecule has 0 amide bonds. The van der Waals surface area contributed by atoms with Gasteiger partial charge in [-0.3, -0.25) is 4.79 Å². The lowest BCUT2D eigenvalue weighted by Gasteiger charge is -2.06. The quantitative estimate of drug-likeness (QED) is 0.758. The van der Waals surface area contributed by atoms with E-state index in [1.807, 2.05) is 6.92 Å². The van der Waals surface area contributed by atoms with Crippen LogP contribution in [0.15, 0.2) is 51.9 Å². The summed E-state index contributed by atoms with van der Waals surface area (Å²) in [5.74, 6) is 0.146. The molecule has 0 aliphatic heterocycles. The second kappa shape index (κ2) is 5.07. The van der Waals surface area contributed by atoms with Crippen LogP contribution in [0.4, 0.5) is 0 Å². The van der Waals surface area contributed by atoms with E-state index in [0.29, 0.717) is 22.1 Å². The van der Waals surface area contributed by atoms with Crippen molar-refractivity contribution in [1.29, 1.82) is 0 Å². The van der Waals surface area contributed by atoms with E-state index in [0.717, 1.165) is 11.1 Å². The van der Waals surface area contributed by atoms with Crippen molar-refractivity contribution in [2.45, 2.75) is 13.5 Å². The minimum Gasteiger partial charge on any atom is -0.508 e. The van der Waals surface area contributed by atoms with Gasteiger partial charge in [0.15, 0.2) is 5.43 Å². The van der Waals surface area contributed by atoms with Gasteiger partial charge < -0.3 is 14.6 Å². The summed E-state index contributed by atoms with van der Waals surface area (Å²) in [4.78, 5) is 12.6. The smallest absolute Gasteiger partial charge is 0.200 e. The lowest BCUT2D eigenvalue weighted by atomic mass is 10.0. The molecule has 0 atom stereocenters. The Morgan fingerprint density at radius 1 is 1.14 bits per heavy atom. The molecule has 0 saturated heterocycles. The largest absolute Gasteiger partial charge is 0.508 e. The predicted molar refractivity (Wildman–Crippen MR) is 80.2 cm³/mol. The molecule has 2 aromatic carbocycles. The molecule has 106 valence electrons. The predicted octanol–water partition coefficient (Wildman–Crippen LogP) is 2.97. The number of phenolic OH excluding ortho intramolecular Hbond substituents is 1. The third-order valence-electron chi connectivity index (χ3n) is 3.58. The zero-order valence-electron chi connectivity index (χ0n) is 11.5. The van der Waals surface area contributed by atoms with E-state index in [-0.39, 0.29) is 17.8 Å². The van der Waals surface area contributed by atoms with Gasteiger partial charge >= 0.3 is 0 Å². The van der Waals surface area contributed by atoms with Gasteiger partial charge in [-0.25, -0.2) is 0 Å². The molecule has 4 heteroatoms. The summed E-state index contributed by atoms with van der Waals surface area (Å²) >= 11 is 0. The number of phenols is 1.